The summed E-state index contributed by atoms with van der Waals surface area (Å²) in [6, 6.07) is 10.8. The average molecular weight is 313 g/mol. The van der Waals surface area contributed by atoms with Gasteiger partial charge in [-0.2, -0.15) is 0 Å². The standard InChI is InChI=1S/C16H16N.3C2H6/c1-12-6-5-9-14(12)16-15-8-4-3-7-13(15)10-11-17(16)2;3*1-2/h3-8,10-11H,9H2,1-2H3;3*1-2H3/q+1;;;. The first-order chi connectivity index (χ1) is 11.3. The highest BCUT2D eigenvalue weighted by molar-refractivity contribution is 5.92. The van der Waals surface area contributed by atoms with E-state index in [1.165, 1.54) is 27.6 Å². The topological polar surface area (TPSA) is 3.88 Å². The van der Waals surface area contributed by atoms with Crippen LogP contribution in [-0.4, -0.2) is 0 Å². The summed E-state index contributed by atoms with van der Waals surface area (Å²) in [6.07, 6.45) is 7.66. The van der Waals surface area contributed by atoms with E-state index in [9.17, 15) is 0 Å². The van der Waals surface area contributed by atoms with E-state index in [0.717, 1.165) is 6.42 Å². The van der Waals surface area contributed by atoms with E-state index in [-0.39, 0.29) is 0 Å². The zero-order valence-electron chi connectivity index (χ0n) is 16.3. The lowest BCUT2D eigenvalue weighted by Crippen LogP contribution is -2.32. The van der Waals surface area contributed by atoms with Gasteiger partial charge in [0.25, 0.3) is 0 Å². The third-order valence-corrected chi connectivity index (χ3v) is 3.50. The first-order valence-corrected chi connectivity index (χ1v) is 9.01. The molecule has 126 valence electrons. The van der Waals surface area contributed by atoms with E-state index >= 15 is 0 Å². The van der Waals surface area contributed by atoms with Crippen LogP contribution in [0.4, 0.5) is 0 Å². The van der Waals surface area contributed by atoms with Gasteiger partial charge in [-0.1, -0.05) is 71.9 Å². The number of allylic oxidation sites excluding steroid dienone is 4. The van der Waals surface area contributed by atoms with Crippen molar-refractivity contribution in [2.24, 2.45) is 7.05 Å². The zero-order valence-corrected chi connectivity index (χ0v) is 16.3. The summed E-state index contributed by atoms with van der Waals surface area (Å²) in [5, 5.41) is 2.66. The molecule has 1 aromatic heterocycles. The third kappa shape index (κ3) is 5.06. The van der Waals surface area contributed by atoms with Crippen molar-refractivity contribution < 1.29 is 4.57 Å². The highest BCUT2D eigenvalue weighted by Gasteiger charge is 2.19. The van der Waals surface area contributed by atoms with Crippen molar-refractivity contribution in [3.05, 3.63) is 59.9 Å². The van der Waals surface area contributed by atoms with Crippen LogP contribution in [0.5, 0.6) is 0 Å². The molecular formula is C22H34N+. The maximum atomic E-state index is 2.24. The molecule has 1 aliphatic carbocycles. The molecular weight excluding hydrogens is 278 g/mol. The number of nitrogens with zero attached hydrogens (tertiary/aromatic N) is 1. The maximum absolute atomic E-state index is 2.24. The van der Waals surface area contributed by atoms with Crippen molar-refractivity contribution in [3.63, 3.8) is 0 Å². The molecule has 0 unspecified atom stereocenters. The maximum Gasteiger partial charge on any atom is 0.216 e. The SMILES string of the molecule is CC.CC.CC.CC1=C(c2c3ccccc3cc[n+]2C)CC=C1. The van der Waals surface area contributed by atoms with Crippen molar-refractivity contribution >= 4 is 16.3 Å². The number of pyridine rings is 1. The summed E-state index contributed by atoms with van der Waals surface area (Å²) < 4.78 is 2.23. The lowest BCUT2D eigenvalue weighted by molar-refractivity contribution is -0.672. The van der Waals surface area contributed by atoms with Gasteiger partial charge in [0.1, 0.15) is 7.05 Å². The van der Waals surface area contributed by atoms with Gasteiger partial charge in [-0.15, -0.1) is 0 Å². The molecule has 0 atom stereocenters. The zero-order chi connectivity index (χ0) is 17.8. The molecule has 3 rings (SSSR count). The Balaban J connectivity index is 0.000000728. The third-order valence-electron chi connectivity index (χ3n) is 3.50. The fourth-order valence-electron chi connectivity index (χ4n) is 2.59. The largest absolute Gasteiger partial charge is 0.216 e. The van der Waals surface area contributed by atoms with Crippen LogP contribution in [-0.2, 0) is 7.05 Å². The van der Waals surface area contributed by atoms with Crippen LogP contribution in [0.1, 0.15) is 60.6 Å². The Hall–Kier alpha value is -1.89. The lowest BCUT2D eigenvalue weighted by atomic mass is 10.0. The van der Waals surface area contributed by atoms with Gasteiger partial charge in [0, 0.05) is 11.6 Å². The molecule has 2 aromatic rings. The first-order valence-electron chi connectivity index (χ1n) is 9.01. The monoisotopic (exact) mass is 312 g/mol. The second-order valence-corrected chi connectivity index (χ2v) is 4.63. The Morgan fingerprint density at radius 1 is 0.870 bits per heavy atom. The molecule has 0 saturated carbocycles. The normalized spacial score (nSPS) is 11.8. The molecule has 1 heterocycles. The van der Waals surface area contributed by atoms with Gasteiger partial charge >= 0.3 is 0 Å². The van der Waals surface area contributed by atoms with E-state index in [2.05, 4.69) is 67.2 Å². The molecule has 0 radical (unpaired) electrons. The molecule has 1 aromatic carbocycles. The minimum atomic E-state index is 1.05. The molecule has 0 saturated heterocycles. The van der Waals surface area contributed by atoms with Gasteiger partial charge < -0.3 is 0 Å². The van der Waals surface area contributed by atoms with Crippen LogP contribution >= 0.6 is 0 Å². The summed E-state index contributed by atoms with van der Waals surface area (Å²) in [5.74, 6) is 0. The van der Waals surface area contributed by atoms with E-state index < -0.39 is 0 Å². The first kappa shape index (κ1) is 21.1. The summed E-state index contributed by atoms with van der Waals surface area (Å²) in [7, 11) is 2.13. The van der Waals surface area contributed by atoms with E-state index in [4.69, 9.17) is 0 Å². The number of rotatable bonds is 1. The van der Waals surface area contributed by atoms with Crippen LogP contribution < -0.4 is 4.57 Å². The number of benzene rings is 1. The minimum Gasteiger partial charge on any atom is -0.201 e. The number of hydrogen-bond donors (Lipinski definition) is 0. The summed E-state index contributed by atoms with van der Waals surface area (Å²) in [5.41, 5.74) is 4.19. The Kier molecular flexibility index (Phi) is 10.7. The van der Waals surface area contributed by atoms with Crippen LogP contribution in [0.25, 0.3) is 16.3 Å². The van der Waals surface area contributed by atoms with Gasteiger partial charge in [0.15, 0.2) is 6.20 Å². The van der Waals surface area contributed by atoms with Crippen LogP contribution in [0, 0.1) is 0 Å². The molecule has 0 aliphatic heterocycles. The molecule has 23 heavy (non-hydrogen) atoms. The minimum absolute atomic E-state index is 1.05. The molecule has 0 spiro atoms. The van der Waals surface area contributed by atoms with Crippen LogP contribution in [0.15, 0.2) is 54.3 Å². The number of fused-ring (bicyclic) bond motifs is 1. The summed E-state index contributed by atoms with van der Waals surface area (Å²) >= 11 is 0. The van der Waals surface area contributed by atoms with Gasteiger partial charge in [-0.05, 0) is 30.4 Å². The molecule has 0 amide bonds. The van der Waals surface area contributed by atoms with Gasteiger partial charge in [0.05, 0.1) is 5.39 Å². The Labute approximate surface area is 143 Å². The van der Waals surface area contributed by atoms with E-state index in [1.54, 1.807) is 0 Å². The number of aromatic nitrogens is 1. The molecule has 0 fully saturated rings. The second-order valence-electron chi connectivity index (χ2n) is 4.63. The highest BCUT2D eigenvalue weighted by atomic mass is 14.9. The fraction of sp³-hybridized carbons (Fsp3) is 0.409. The lowest BCUT2D eigenvalue weighted by Gasteiger charge is -2.06. The summed E-state index contributed by atoms with van der Waals surface area (Å²) in [4.78, 5) is 0. The summed E-state index contributed by atoms with van der Waals surface area (Å²) in [6.45, 7) is 14.2. The van der Waals surface area contributed by atoms with Crippen molar-refractivity contribution in [3.8, 4) is 0 Å². The fourth-order valence-corrected chi connectivity index (χ4v) is 2.59. The molecule has 0 N–H and O–H groups in total. The quantitative estimate of drug-likeness (QED) is 0.531. The van der Waals surface area contributed by atoms with Crippen molar-refractivity contribution in [1.29, 1.82) is 0 Å². The van der Waals surface area contributed by atoms with Crippen molar-refractivity contribution in [1.82, 2.24) is 0 Å². The highest BCUT2D eigenvalue weighted by Crippen LogP contribution is 2.30. The molecule has 1 nitrogen and oxygen atoms in total. The molecule has 0 bridgehead atoms. The Morgan fingerprint density at radius 2 is 1.48 bits per heavy atom. The van der Waals surface area contributed by atoms with Gasteiger partial charge in [-0.25, -0.2) is 4.57 Å². The van der Waals surface area contributed by atoms with Crippen LogP contribution in [0.2, 0.25) is 0 Å². The van der Waals surface area contributed by atoms with Gasteiger partial charge in [-0.3, -0.25) is 0 Å². The van der Waals surface area contributed by atoms with Crippen molar-refractivity contribution in [2.75, 3.05) is 0 Å². The van der Waals surface area contributed by atoms with Gasteiger partial charge in [0.2, 0.25) is 5.69 Å². The Bertz CT molecular complexity index is 648. The number of aryl methyl sites for hydroxylation is 1. The average Bonchev–Trinajstić information content (AvgIpc) is 3.06. The smallest absolute Gasteiger partial charge is 0.201 e. The van der Waals surface area contributed by atoms with Crippen LogP contribution in [0.3, 0.4) is 0 Å². The van der Waals surface area contributed by atoms with E-state index in [0.29, 0.717) is 0 Å². The second kappa shape index (κ2) is 11.6. The molecule has 1 heteroatoms. The predicted molar refractivity (Wildman–Crippen MR) is 106 cm³/mol. The molecule has 1 aliphatic rings. The Morgan fingerprint density at radius 3 is 2.04 bits per heavy atom. The predicted octanol–water partition coefficient (Wildman–Crippen LogP) is 6.48. The van der Waals surface area contributed by atoms with Crippen molar-refractivity contribution in [2.45, 2.75) is 54.9 Å². The van der Waals surface area contributed by atoms with E-state index in [1.807, 2.05) is 41.5 Å². The number of hydrogen-bond acceptors (Lipinski definition) is 0.